The molecule has 2 nitrogen and oxygen atoms in total. The molecule has 2 heteroatoms. The van der Waals surface area contributed by atoms with Gasteiger partial charge in [0, 0.05) is 24.3 Å². The molecule has 0 aliphatic carbocycles. The molecule has 0 amide bonds. The van der Waals surface area contributed by atoms with Crippen LogP contribution in [0.25, 0.3) is 0 Å². The first-order valence-electron chi connectivity index (χ1n) is 8.24. The van der Waals surface area contributed by atoms with Crippen molar-refractivity contribution in [2.75, 3.05) is 18.0 Å². The Labute approximate surface area is 125 Å². The van der Waals surface area contributed by atoms with Crippen molar-refractivity contribution < 1.29 is 0 Å². The number of hydrogen-bond donors (Lipinski definition) is 1. The summed E-state index contributed by atoms with van der Waals surface area (Å²) in [5, 5.41) is 3.69. The van der Waals surface area contributed by atoms with Gasteiger partial charge in [0.25, 0.3) is 0 Å². The smallest absolute Gasteiger partial charge is 0.0417 e. The van der Waals surface area contributed by atoms with Crippen molar-refractivity contribution in [2.45, 2.75) is 66.0 Å². The van der Waals surface area contributed by atoms with Crippen LogP contribution in [0.3, 0.4) is 0 Å². The van der Waals surface area contributed by atoms with Gasteiger partial charge in [0.1, 0.15) is 0 Å². The minimum atomic E-state index is 0.462. The average molecular weight is 276 g/mol. The Morgan fingerprint density at radius 2 is 1.75 bits per heavy atom. The molecule has 0 fully saturated rings. The fourth-order valence-corrected chi connectivity index (χ4v) is 2.73. The SMILES string of the molecule is CCCNC(CC)c1ccccc1N(CCC)C(C)C. The summed E-state index contributed by atoms with van der Waals surface area (Å²) in [6.07, 6.45) is 3.50. The topological polar surface area (TPSA) is 15.3 Å². The highest BCUT2D eigenvalue weighted by atomic mass is 15.2. The third-order valence-electron chi connectivity index (χ3n) is 3.76. The van der Waals surface area contributed by atoms with E-state index in [-0.39, 0.29) is 0 Å². The largest absolute Gasteiger partial charge is 0.369 e. The van der Waals surface area contributed by atoms with E-state index in [0.29, 0.717) is 12.1 Å². The van der Waals surface area contributed by atoms with Crippen LogP contribution in [0, 0.1) is 0 Å². The summed E-state index contributed by atoms with van der Waals surface area (Å²) in [5.41, 5.74) is 2.85. The molecular weight excluding hydrogens is 244 g/mol. The number of anilines is 1. The molecule has 1 aromatic carbocycles. The molecule has 0 radical (unpaired) electrons. The van der Waals surface area contributed by atoms with Crippen molar-refractivity contribution >= 4 is 5.69 Å². The zero-order chi connectivity index (χ0) is 15.0. The maximum absolute atomic E-state index is 3.69. The van der Waals surface area contributed by atoms with Gasteiger partial charge in [-0.15, -0.1) is 0 Å². The Hall–Kier alpha value is -1.02. The minimum absolute atomic E-state index is 0.462. The lowest BCUT2D eigenvalue weighted by molar-refractivity contribution is 0.515. The summed E-state index contributed by atoms with van der Waals surface area (Å²) in [5.74, 6) is 0. The van der Waals surface area contributed by atoms with Gasteiger partial charge in [-0.25, -0.2) is 0 Å². The lowest BCUT2D eigenvalue weighted by Gasteiger charge is -2.33. The molecule has 0 saturated heterocycles. The maximum Gasteiger partial charge on any atom is 0.0417 e. The van der Waals surface area contributed by atoms with Gasteiger partial charge in [0.15, 0.2) is 0 Å². The first-order valence-corrected chi connectivity index (χ1v) is 8.24. The Balaban J connectivity index is 3.06. The summed E-state index contributed by atoms with van der Waals surface area (Å²) in [6.45, 7) is 13.5. The molecule has 1 unspecified atom stereocenters. The Morgan fingerprint density at radius 3 is 2.30 bits per heavy atom. The maximum atomic E-state index is 3.69. The number of benzene rings is 1. The normalized spacial score (nSPS) is 12.7. The Bertz CT molecular complexity index is 373. The van der Waals surface area contributed by atoms with Crippen LogP contribution in [-0.4, -0.2) is 19.1 Å². The van der Waals surface area contributed by atoms with Crippen LogP contribution in [0.4, 0.5) is 5.69 Å². The van der Waals surface area contributed by atoms with Gasteiger partial charge in [0.2, 0.25) is 0 Å². The lowest BCUT2D eigenvalue weighted by atomic mass is 10.0. The molecule has 1 atom stereocenters. The summed E-state index contributed by atoms with van der Waals surface area (Å²) in [6, 6.07) is 9.90. The number of para-hydroxylation sites is 1. The highest BCUT2D eigenvalue weighted by Crippen LogP contribution is 2.29. The summed E-state index contributed by atoms with van der Waals surface area (Å²) in [7, 11) is 0. The number of hydrogen-bond acceptors (Lipinski definition) is 2. The Kier molecular flexibility index (Phi) is 7.68. The zero-order valence-corrected chi connectivity index (χ0v) is 13.9. The lowest BCUT2D eigenvalue weighted by Crippen LogP contribution is -2.33. The number of rotatable bonds is 9. The summed E-state index contributed by atoms with van der Waals surface area (Å²) >= 11 is 0. The van der Waals surface area contributed by atoms with E-state index in [0.717, 1.165) is 19.5 Å². The third kappa shape index (κ3) is 4.52. The van der Waals surface area contributed by atoms with Crippen LogP contribution in [0.15, 0.2) is 24.3 Å². The number of nitrogens with zero attached hydrogens (tertiary/aromatic N) is 1. The molecule has 1 rings (SSSR count). The Morgan fingerprint density at radius 1 is 1.05 bits per heavy atom. The van der Waals surface area contributed by atoms with Crippen LogP contribution in [0.5, 0.6) is 0 Å². The standard InChI is InChI=1S/C18H32N2/c1-6-13-19-17(8-3)16-11-9-10-12-18(16)20(14-7-2)15(4)5/h9-12,15,17,19H,6-8,13-14H2,1-5H3. The molecule has 20 heavy (non-hydrogen) atoms. The molecule has 1 aromatic rings. The highest BCUT2D eigenvalue weighted by molar-refractivity contribution is 5.55. The van der Waals surface area contributed by atoms with Gasteiger partial charge in [0.05, 0.1) is 0 Å². The molecule has 0 spiro atoms. The van der Waals surface area contributed by atoms with E-state index in [1.54, 1.807) is 0 Å². The molecule has 1 N–H and O–H groups in total. The van der Waals surface area contributed by atoms with E-state index in [1.165, 1.54) is 24.1 Å². The van der Waals surface area contributed by atoms with Crippen molar-refractivity contribution in [2.24, 2.45) is 0 Å². The quantitative estimate of drug-likeness (QED) is 0.699. The predicted molar refractivity (Wildman–Crippen MR) is 90.5 cm³/mol. The summed E-state index contributed by atoms with van der Waals surface area (Å²) in [4.78, 5) is 2.53. The van der Waals surface area contributed by atoms with Crippen molar-refractivity contribution in [1.29, 1.82) is 0 Å². The second kappa shape index (κ2) is 9.02. The molecule has 114 valence electrons. The van der Waals surface area contributed by atoms with Gasteiger partial charge >= 0.3 is 0 Å². The fraction of sp³-hybridized carbons (Fsp3) is 0.667. The van der Waals surface area contributed by atoms with Crippen molar-refractivity contribution in [3.63, 3.8) is 0 Å². The molecule has 0 aliphatic heterocycles. The predicted octanol–water partition coefficient (Wildman–Crippen LogP) is 4.76. The van der Waals surface area contributed by atoms with Gasteiger partial charge in [-0.1, -0.05) is 39.0 Å². The summed E-state index contributed by atoms with van der Waals surface area (Å²) < 4.78 is 0. The van der Waals surface area contributed by atoms with Gasteiger partial charge < -0.3 is 10.2 Å². The van der Waals surface area contributed by atoms with E-state index in [9.17, 15) is 0 Å². The number of nitrogens with one attached hydrogen (secondary N) is 1. The monoisotopic (exact) mass is 276 g/mol. The molecule has 0 aliphatic rings. The van der Waals surface area contributed by atoms with E-state index in [2.05, 4.69) is 69.1 Å². The van der Waals surface area contributed by atoms with Crippen molar-refractivity contribution in [3.8, 4) is 0 Å². The average Bonchev–Trinajstić information content (AvgIpc) is 2.46. The molecule has 0 bridgehead atoms. The van der Waals surface area contributed by atoms with Crippen LogP contribution in [-0.2, 0) is 0 Å². The molecule has 0 heterocycles. The van der Waals surface area contributed by atoms with Crippen LogP contribution >= 0.6 is 0 Å². The van der Waals surface area contributed by atoms with E-state index < -0.39 is 0 Å². The highest BCUT2D eigenvalue weighted by Gasteiger charge is 2.18. The van der Waals surface area contributed by atoms with E-state index in [4.69, 9.17) is 0 Å². The molecule has 0 aromatic heterocycles. The first-order chi connectivity index (χ1) is 9.65. The fourth-order valence-electron chi connectivity index (χ4n) is 2.73. The second-order valence-electron chi connectivity index (χ2n) is 5.76. The van der Waals surface area contributed by atoms with Crippen LogP contribution in [0.2, 0.25) is 0 Å². The van der Waals surface area contributed by atoms with E-state index >= 15 is 0 Å². The first kappa shape index (κ1) is 17.0. The second-order valence-corrected chi connectivity index (χ2v) is 5.76. The van der Waals surface area contributed by atoms with Gasteiger partial charge in [-0.3, -0.25) is 0 Å². The van der Waals surface area contributed by atoms with Crippen LogP contribution < -0.4 is 10.2 Å². The molecule has 0 saturated carbocycles. The van der Waals surface area contributed by atoms with Gasteiger partial charge in [-0.2, -0.15) is 0 Å². The van der Waals surface area contributed by atoms with Crippen molar-refractivity contribution in [3.05, 3.63) is 29.8 Å². The molecular formula is C18H32N2. The third-order valence-corrected chi connectivity index (χ3v) is 3.76. The van der Waals surface area contributed by atoms with Gasteiger partial charge in [-0.05, 0) is 51.3 Å². The van der Waals surface area contributed by atoms with Crippen molar-refractivity contribution in [1.82, 2.24) is 5.32 Å². The van der Waals surface area contributed by atoms with E-state index in [1.807, 2.05) is 0 Å². The van der Waals surface area contributed by atoms with Crippen LogP contribution in [0.1, 0.15) is 65.5 Å². The zero-order valence-electron chi connectivity index (χ0n) is 13.9. The minimum Gasteiger partial charge on any atom is -0.369 e.